The van der Waals surface area contributed by atoms with Gasteiger partial charge in [0, 0.05) is 30.8 Å². The summed E-state index contributed by atoms with van der Waals surface area (Å²) in [6, 6.07) is 6.11. The summed E-state index contributed by atoms with van der Waals surface area (Å²) in [5.41, 5.74) is 9.38. The second-order valence-electron chi connectivity index (χ2n) is 3.97. The van der Waals surface area contributed by atoms with Crippen molar-refractivity contribution in [2.75, 3.05) is 5.01 Å². The Hall–Kier alpha value is -2.10. The molecule has 3 rings (SSSR count). The summed E-state index contributed by atoms with van der Waals surface area (Å²) in [5, 5.41) is 6.01. The number of para-hydroxylation sites is 1. The van der Waals surface area contributed by atoms with Crippen LogP contribution in [0.2, 0.25) is 0 Å². The topological polar surface area (TPSA) is 58.7 Å². The number of hydrogen-bond donors (Lipinski definition) is 1. The zero-order valence-corrected chi connectivity index (χ0v) is 8.68. The molecule has 2 heterocycles. The van der Waals surface area contributed by atoms with E-state index in [1.54, 1.807) is 11.2 Å². The number of anilines is 1. The van der Waals surface area contributed by atoms with Crippen molar-refractivity contribution < 1.29 is 4.79 Å². The van der Waals surface area contributed by atoms with Gasteiger partial charge in [-0.25, -0.2) is 5.01 Å². The van der Waals surface area contributed by atoms with E-state index in [0.717, 1.165) is 17.7 Å². The van der Waals surface area contributed by atoms with Crippen molar-refractivity contribution in [2.45, 2.75) is 12.8 Å². The molecule has 0 spiro atoms. The number of carbonyl (C=O) groups excluding carboxylic acids is 1. The average Bonchev–Trinajstić information content (AvgIpc) is 2.29. The van der Waals surface area contributed by atoms with Crippen LogP contribution in [-0.2, 0) is 17.6 Å². The van der Waals surface area contributed by atoms with Crippen LogP contribution in [0.3, 0.4) is 0 Å². The highest BCUT2D eigenvalue weighted by molar-refractivity contribution is 5.94. The minimum absolute atomic E-state index is 0.378. The maximum atomic E-state index is 11.2. The number of hydrogen-bond acceptors (Lipinski definition) is 3. The maximum Gasteiger partial charge on any atom is 0.246 e. The van der Waals surface area contributed by atoms with E-state index in [0.29, 0.717) is 12.0 Å². The third kappa shape index (κ3) is 1.23. The summed E-state index contributed by atoms with van der Waals surface area (Å²) >= 11 is 0. The Kier molecular flexibility index (Phi) is 1.83. The molecule has 4 heteroatoms. The molecular formula is C12H11N3O. The summed E-state index contributed by atoms with van der Waals surface area (Å²) in [4.78, 5) is 11.2. The molecule has 1 aromatic rings. The molecule has 0 saturated carbocycles. The summed E-state index contributed by atoms with van der Waals surface area (Å²) in [5.74, 6) is -0.378. The van der Waals surface area contributed by atoms with Crippen LogP contribution in [0.5, 0.6) is 0 Å². The fourth-order valence-electron chi connectivity index (χ4n) is 2.18. The van der Waals surface area contributed by atoms with Gasteiger partial charge in [0.1, 0.15) is 0 Å². The molecule has 0 saturated heterocycles. The lowest BCUT2D eigenvalue weighted by Gasteiger charge is -2.29. The lowest BCUT2D eigenvalue weighted by Crippen LogP contribution is -2.26. The summed E-state index contributed by atoms with van der Waals surface area (Å²) < 4.78 is 0. The number of nitrogens with two attached hydrogens (primary N) is 1. The maximum absolute atomic E-state index is 11.2. The van der Waals surface area contributed by atoms with E-state index in [-0.39, 0.29) is 5.91 Å². The van der Waals surface area contributed by atoms with Crippen LogP contribution in [0.1, 0.15) is 11.1 Å². The standard InChI is InChI=1S/C12H11N3O/c13-12(16)10-6-9-3-1-2-8-4-5-14-15(7-10)11(8)9/h1-3,5,7H,4,6H2,(H2,13,16). The first-order chi connectivity index (χ1) is 7.75. The minimum atomic E-state index is -0.378. The van der Waals surface area contributed by atoms with E-state index in [2.05, 4.69) is 11.2 Å². The molecule has 16 heavy (non-hydrogen) atoms. The molecule has 0 fully saturated rings. The lowest BCUT2D eigenvalue weighted by molar-refractivity contribution is -0.114. The van der Waals surface area contributed by atoms with Gasteiger partial charge in [0.05, 0.1) is 5.69 Å². The van der Waals surface area contributed by atoms with Crippen LogP contribution in [0.15, 0.2) is 35.1 Å². The second kappa shape index (κ2) is 3.20. The van der Waals surface area contributed by atoms with Crippen molar-refractivity contribution >= 4 is 17.8 Å². The second-order valence-corrected chi connectivity index (χ2v) is 3.97. The van der Waals surface area contributed by atoms with E-state index >= 15 is 0 Å². The number of carbonyl (C=O) groups is 1. The number of hydrazone groups is 1. The normalized spacial score (nSPS) is 16.8. The van der Waals surface area contributed by atoms with Crippen LogP contribution in [0, 0.1) is 0 Å². The quantitative estimate of drug-likeness (QED) is 0.755. The molecule has 1 aromatic carbocycles. The number of benzene rings is 1. The Morgan fingerprint density at radius 2 is 2.19 bits per heavy atom. The Morgan fingerprint density at radius 1 is 1.38 bits per heavy atom. The Balaban J connectivity index is 2.16. The SMILES string of the molecule is NC(=O)C1=CN2N=CCc3cccc(c32)C1. The third-order valence-electron chi connectivity index (χ3n) is 2.93. The minimum Gasteiger partial charge on any atom is -0.366 e. The van der Waals surface area contributed by atoms with Gasteiger partial charge in [0.15, 0.2) is 0 Å². The molecule has 0 radical (unpaired) electrons. The third-order valence-corrected chi connectivity index (χ3v) is 2.93. The van der Waals surface area contributed by atoms with Gasteiger partial charge in [0.25, 0.3) is 0 Å². The predicted octanol–water partition coefficient (Wildman–Crippen LogP) is 0.960. The summed E-state index contributed by atoms with van der Waals surface area (Å²) in [6.07, 6.45) is 5.01. The monoisotopic (exact) mass is 213 g/mol. The van der Waals surface area contributed by atoms with Gasteiger partial charge >= 0.3 is 0 Å². The molecule has 0 unspecified atom stereocenters. The van der Waals surface area contributed by atoms with Gasteiger partial charge < -0.3 is 5.73 Å². The van der Waals surface area contributed by atoms with Gasteiger partial charge in [-0.2, -0.15) is 5.10 Å². The van der Waals surface area contributed by atoms with E-state index in [1.807, 2.05) is 18.3 Å². The van der Waals surface area contributed by atoms with E-state index in [1.165, 1.54) is 5.56 Å². The van der Waals surface area contributed by atoms with Crippen molar-refractivity contribution in [3.05, 3.63) is 41.1 Å². The fraction of sp³-hybridized carbons (Fsp3) is 0.167. The zero-order valence-electron chi connectivity index (χ0n) is 8.68. The average molecular weight is 213 g/mol. The van der Waals surface area contributed by atoms with E-state index in [4.69, 9.17) is 5.73 Å². The number of amides is 1. The van der Waals surface area contributed by atoms with Gasteiger partial charge in [-0.3, -0.25) is 4.79 Å². The smallest absolute Gasteiger partial charge is 0.246 e. The zero-order chi connectivity index (χ0) is 11.1. The predicted molar refractivity (Wildman–Crippen MR) is 62.1 cm³/mol. The Labute approximate surface area is 93.0 Å². The van der Waals surface area contributed by atoms with Crippen molar-refractivity contribution in [1.29, 1.82) is 0 Å². The first-order valence-electron chi connectivity index (χ1n) is 5.18. The molecular weight excluding hydrogens is 202 g/mol. The molecule has 0 aliphatic carbocycles. The van der Waals surface area contributed by atoms with Gasteiger partial charge in [-0.05, 0) is 11.1 Å². The summed E-state index contributed by atoms with van der Waals surface area (Å²) in [6.45, 7) is 0. The highest BCUT2D eigenvalue weighted by Gasteiger charge is 2.23. The molecule has 2 N–H and O–H groups in total. The number of rotatable bonds is 1. The van der Waals surface area contributed by atoms with Crippen molar-refractivity contribution in [2.24, 2.45) is 10.8 Å². The highest BCUT2D eigenvalue weighted by atomic mass is 16.1. The van der Waals surface area contributed by atoms with Crippen molar-refractivity contribution in [3.63, 3.8) is 0 Å². The van der Waals surface area contributed by atoms with E-state index < -0.39 is 0 Å². The molecule has 80 valence electrons. The fourth-order valence-corrected chi connectivity index (χ4v) is 2.18. The molecule has 4 nitrogen and oxygen atoms in total. The van der Waals surface area contributed by atoms with Crippen molar-refractivity contribution in [1.82, 2.24) is 0 Å². The Bertz CT molecular complexity index is 531. The van der Waals surface area contributed by atoms with Crippen LogP contribution >= 0.6 is 0 Å². The largest absolute Gasteiger partial charge is 0.366 e. The van der Waals surface area contributed by atoms with Gasteiger partial charge in [-0.15, -0.1) is 0 Å². The first-order valence-corrected chi connectivity index (χ1v) is 5.18. The number of primary amides is 1. The van der Waals surface area contributed by atoms with Crippen LogP contribution in [-0.4, -0.2) is 12.1 Å². The molecule has 2 aliphatic heterocycles. The van der Waals surface area contributed by atoms with E-state index in [9.17, 15) is 4.79 Å². The molecule has 0 aromatic heterocycles. The molecule has 0 atom stereocenters. The number of nitrogens with zero attached hydrogens (tertiary/aromatic N) is 2. The summed E-state index contributed by atoms with van der Waals surface area (Å²) in [7, 11) is 0. The lowest BCUT2D eigenvalue weighted by atomic mass is 9.95. The van der Waals surface area contributed by atoms with Crippen LogP contribution < -0.4 is 10.7 Å². The molecule has 1 amide bonds. The van der Waals surface area contributed by atoms with Crippen LogP contribution in [0.4, 0.5) is 5.69 Å². The van der Waals surface area contributed by atoms with Gasteiger partial charge in [-0.1, -0.05) is 18.2 Å². The molecule has 0 bridgehead atoms. The highest BCUT2D eigenvalue weighted by Crippen LogP contribution is 2.34. The van der Waals surface area contributed by atoms with Crippen molar-refractivity contribution in [3.8, 4) is 0 Å². The van der Waals surface area contributed by atoms with Gasteiger partial charge in [0.2, 0.25) is 5.91 Å². The molecule has 2 aliphatic rings. The first kappa shape index (κ1) is 9.15. The Morgan fingerprint density at radius 3 is 3.00 bits per heavy atom. The van der Waals surface area contributed by atoms with Crippen LogP contribution in [0.25, 0.3) is 0 Å².